The van der Waals surface area contributed by atoms with Gasteiger partial charge in [0.25, 0.3) is 0 Å². The molecule has 0 unspecified atom stereocenters. The number of carbonyl (C=O) groups excluding carboxylic acids is 2. The van der Waals surface area contributed by atoms with Crippen LogP contribution in [0.2, 0.25) is 0 Å². The highest BCUT2D eigenvalue weighted by Crippen LogP contribution is 2.10. The summed E-state index contributed by atoms with van der Waals surface area (Å²) in [5, 5.41) is 2.71. The lowest BCUT2D eigenvalue weighted by Gasteiger charge is -2.26. The van der Waals surface area contributed by atoms with E-state index in [4.69, 9.17) is 10.5 Å². The molecule has 6 heteroatoms. The van der Waals surface area contributed by atoms with Crippen LogP contribution in [0.5, 0.6) is 0 Å². The van der Waals surface area contributed by atoms with E-state index < -0.39 is 17.7 Å². The number of nitrogens with one attached hydrogen (secondary N) is 1. The zero-order chi connectivity index (χ0) is 16.8. The first kappa shape index (κ1) is 18.0. The highest BCUT2D eigenvalue weighted by Gasteiger charge is 2.26. The van der Waals surface area contributed by atoms with Crippen molar-refractivity contribution in [3.8, 4) is 0 Å². The number of hydrogen-bond acceptors (Lipinski definition) is 4. The molecule has 0 atom stereocenters. The molecule has 0 aliphatic carbocycles. The van der Waals surface area contributed by atoms with Crippen LogP contribution in [0.15, 0.2) is 24.3 Å². The Morgan fingerprint density at radius 1 is 1.32 bits per heavy atom. The van der Waals surface area contributed by atoms with E-state index >= 15 is 0 Å². The molecule has 0 aromatic heterocycles. The molecule has 6 nitrogen and oxygen atoms in total. The molecule has 0 aliphatic heterocycles. The molecule has 0 spiro atoms. The minimum Gasteiger partial charge on any atom is -0.443 e. The van der Waals surface area contributed by atoms with Gasteiger partial charge in [0, 0.05) is 19.6 Å². The number of amides is 3. The van der Waals surface area contributed by atoms with Crippen LogP contribution in [0, 0.1) is 6.92 Å². The van der Waals surface area contributed by atoms with Crippen molar-refractivity contribution in [1.82, 2.24) is 10.2 Å². The molecule has 1 rings (SSSR count). The monoisotopic (exact) mass is 307 g/mol. The molecule has 0 bridgehead atoms. The van der Waals surface area contributed by atoms with Crippen molar-refractivity contribution in [1.29, 1.82) is 0 Å². The number of hydrogen-bond donors (Lipinski definition) is 2. The van der Waals surface area contributed by atoms with Crippen molar-refractivity contribution in [3.05, 3.63) is 35.4 Å². The summed E-state index contributed by atoms with van der Waals surface area (Å²) in [6.45, 7) is 7.84. The van der Waals surface area contributed by atoms with Gasteiger partial charge in [0.15, 0.2) is 0 Å². The van der Waals surface area contributed by atoms with E-state index in [-0.39, 0.29) is 13.1 Å². The maximum absolute atomic E-state index is 12.2. The molecule has 3 N–H and O–H groups in total. The molecule has 122 valence electrons. The number of urea groups is 1. The normalized spacial score (nSPS) is 11.0. The molecular formula is C16H25N3O3. The van der Waals surface area contributed by atoms with Crippen molar-refractivity contribution in [2.24, 2.45) is 5.73 Å². The topological polar surface area (TPSA) is 84.7 Å². The molecule has 0 saturated heterocycles. The lowest BCUT2D eigenvalue weighted by atomic mass is 10.1. The molecule has 1 aromatic carbocycles. The van der Waals surface area contributed by atoms with E-state index in [2.05, 4.69) is 5.32 Å². The molecular weight excluding hydrogens is 282 g/mol. The van der Waals surface area contributed by atoms with Crippen LogP contribution in [0.1, 0.15) is 31.9 Å². The number of carbonyl (C=O) groups is 2. The van der Waals surface area contributed by atoms with Crippen LogP contribution in [0.25, 0.3) is 0 Å². The second-order valence-corrected chi connectivity index (χ2v) is 6.07. The quantitative estimate of drug-likeness (QED) is 0.894. The standard InChI is InChI=1S/C16H25N3O3/c1-12-6-5-7-13(10-12)11-18-14(20)19(9-8-17)15(21)22-16(2,3)4/h5-7,10H,8-9,11,17H2,1-4H3,(H,18,20). The molecule has 1 aromatic rings. The smallest absolute Gasteiger partial charge is 0.418 e. The van der Waals surface area contributed by atoms with Gasteiger partial charge in [-0.05, 0) is 33.3 Å². The fourth-order valence-electron chi connectivity index (χ4n) is 1.82. The Morgan fingerprint density at radius 2 is 2.00 bits per heavy atom. The maximum Gasteiger partial charge on any atom is 0.418 e. The van der Waals surface area contributed by atoms with Gasteiger partial charge in [0.2, 0.25) is 0 Å². The number of nitrogens with zero attached hydrogens (tertiary/aromatic N) is 1. The van der Waals surface area contributed by atoms with Crippen LogP contribution in [-0.2, 0) is 11.3 Å². The SMILES string of the molecule is Cc1cccc(CNC(=O)N(CCN)C(=O)OC(C)(C)C)c1. The Kier molecular flexibility index (Phi) is 6.37. The second kappa shape index (κ2) is 7.79. The third-order valence-corrected chi connectivity index (χ3v) is 2.74. The fraction of sp³-hybridized carbons (Fsp3) is 0.500. The van der Waals surface area contributed by atoms with Crippen molar-refractivity contribution in [2.45, 2.75) is 39.8 Å². The Labute approximate surface area is 131 Å². The average molecular weight is 307 g/mol. The Hall–Kier alpha value is -2.08. The Balaban J connectivity index is 2.67. The van der Waals surface area contributed by atoms with Gasteiger partial charge in [0.1, 0.15) is 5.60 Å². The molecule has 0 fully saturated rings. The number of nitrogens with two attached hydrogens (primary N) is 1. The van der Waals surface area contributed by atoms with Gasteiger partial charge >= 0.3 is 12.1 Å². The predicted octanol–water partition coefficient (Wildman–Crippen LogP) is 2.40. The van der Waals surface area contributed by atoms with Crippen LogP contribution in [-0.4, -0.2) is 35.7 Å². The lowest BCUT2D eigenvalue weighted by Crippen LogP contribution is -2.47. The summed E-state index contributed by atoms with van der Waals surface area (Å²) in [7, 11) is 0. The number of rotatable bonds is 4. The summed E-state index contributed by atoms with van der Waals surface area (Å²) in [6.07, 6.45) is -0.695. The maximum atomic E-state index is 12.2. The van der Waals surface area contributed by atoms with Gasteiger partial charge in [-0.25, -0.2) is 14.5 Å². The fourth-order valence-corrected chi connectivity index (χ4v) is 1.82. The van der Waals surface area contributed by atoms with E-state index in [1.54, 1.807) is 20.8 Å². The summed E-state index contributed by atoms with van der Waals surface area (Å²) in [6, 6.07) is 7.27. The molecule has 0 aliphatic rings. The van der Waals surface area contributed by atoms with Crippen molar-refractivity contribution in [2.75, 3.05) is 13.1 Å². The third kappa shape index (κ3) is 6.13. The summed E-state index contributed by atoms with van der Waals surface area (Å²) in [5.41, 5.74) is 6.87. The summed E-state index contributed by atoms with van der Waals surface area (Å²) < 4.78 is 5.22. The van der Waals surface area contributed by atoms with Gasteiger partial charge in [-0.15, -0.1) is 0 Å². The largest absolute Gasteiger partial charge is 0.443 e. The van der Waals surface area contributed by atoms with Gasteiger partial charge < -0.3 is 15.8 Å². The first-order chi connectivity index (χ1) is 10.2. The van der Waals surface area contributed by atoms with Gasteiger partial charge in [-0.1, -0.05) is 29.8 Å². The molecule has 3 amide bonds. The van der Waals surface area contributed by atoms with E-state index in [9.17, 15) is 9.59 Å². The number of imide groups is 1. The van der Waals surface area contributed by atoms with E-state index in [1.165, 1.54) is 0 Å². The van der Waals surface area contributed by atoms with Crippen LogP contribution in [0.4, 0.5) is 9.59 Å². The summed E-state index contributed by atoms with van der Waals surface area (Å²) in [5.74, 6) is 0. The first-order valence-corrected chi connectivity index (χ1v) is 7.27. The second-order valence-electron chi connectivity index (χ2n) is 6.07. The predicted molar refractivity (Wildman–Crippen MR) is 85.4 cm³/mol. The van der Waals surface area contributed by atoms with E-state index in [1.807, 2.05) is 31.2 Å². The molecule has 0 saturated carbocycles. The number of aryl methyl sites for hydroxylation is 1. The van der Waals surface area contributed by atoms with E-state index in [0.717, 1.165) is 16.0 Å². The summed E-state index contributed by atoms with van der Waals surface area (Å²) >= 11 is 0. The van der Waals surface area contributed by atoms with Gasteiger partial charge in [-0.2, -0.15) is 0 Å². The van der Waals surface area contributed by atoms with Gasteiger partial charge in [-0.3, -0.25) is 0 Å². The first-order valence-electron chi connectivity index (χ1n) is 7.27. The number of ether oxygens (including phenoxy) is 1. The molecule has 0 heterocycles. The van der Waals surface area contributed by atoms with Crippen molar-refractivity contribution < 1.29 is 14.3 Å². The zero-order valence-corrected chi connectivity index (χ0v) is 13.7. The van der Waals surface area contributed by atoms with Crippen LogP contribution in [0.3, 0.4) is 0 Å². The van der Waals surface area contributed by atoms with E-state index in [0.29, 0.717) is 6.54 Å². The lowest BCUT2D eigenvalue weighted by molar-refractivity contribution is 0.0325. The van der Waals surface area contributed by atoms with Crippen molar-refractivity contribution >= 4 is 12.1 Å². The highest BCUT2D eigenvalue weighted by molar-refractivity contribution is 5.91. The third-order valence-electron chi connectivity index (χ3n) is 2.74. The van der Waals surface area contributed by atoms with Crippen LogP contribution >= 0.6 is 0 Å². The highest BCUT2D eigenvalue weighted by atomic mass is 16.6. The minimum absolute atomic E-state index is 0.106. The average Bonchev–Trinajstić information content (AvgIpc) is 2.40. The van der Waals surface area contributed by atoms with Crippen LogP contribution < -0.4 is 11.1 Å². The minimum atomic E-state index is -0.695. The number of benzene rings is 1. The van der Waals surface area contributed by atoms with Crippen molar-refractivity contribution in [3.63, 3.8) is 0 Å². The Bertz CT molecular complexity index is 524. The zero-order valence-electron chi connectivity index (χ0n) is 13.7. The molecule has 22 heavy (non-hydrogen) atoms. The molecule has 0 radical (unpaired) electrons. The summed E-state index contributed by atoms with van der Waals surface area (Å²) in [4.78, 5) is 25.2. The van der Waals surface area contributed by atoms with Gasteiger partial charge in [0.05, 0.1) is 0 Å². The Morgan fingerprint density at radius 3 is 2.55 bits per heavy atom.